The molecule has 0 atom stereocenters. The third-order valence-corrected chi connectivity index (χ3v) is 4.27. The van der Waals surface area contributed by atoms with Gasteiger partial charge in [-0.1, -0.05) is 12.1 Å². The van der Waals surface area contributed by atoms with Crippen molar-refractivity contribution in [3.05, 3.63) is 53.2 Å². The Bertz CT molecular complexity index is 1210. The number of H-pyrrole nitrogens is 1. The van der Waals surface area contributed by atoms with E-state index in [1.165, 1.54) is 32.2 Å². The third kappa shape index (κ3) is 3.31. The van der Waals surface area contributed by atoms with E-state index in [0.717, 1.165) is 0 Å². The first-order valence-corrected chi connectivity index (χ1v) is 8.60. The van der Waals surface area contributed by atoms with Crippen LogP contribution in [0.4, 0.5) is 11.6 Å². The van der Waals surface area contributed by atoms with Gasteiger partial charge >= 0.3 is 5.69 Å². The zero-order chi connectivity index (χ0) is 20.4. The molecule has 0 spiro atoms. The molecule has 0 radical (unpaired) electrons. The number of anilines is 2. The largest absolute Gasteiger partial charge is 0.493 e. The lowest BCUT2D eigenvalue weighted by Gasteiger charge is -2.14. The molecule has 0 bridgehead atoms. The van der Waals surface area contributed by atoms with Gasteiger partial charge in [0.15, 0.2) is 11.5 Å². The summed E-state index contributed by atoms with van der Waals surface area (Å²) < 4.78 is 17.4. The molecule has 0 aliphatic heterocycles. The highest BCUT2D eigenvalue weighted by atomic mass is 16.5. The van der Waals surface area contributed by atoms with Gasteiger partial charge in [-0.2, -0.15) is 4.98 Å². The number of aromatic nitrogens is 5. The van der Waals surface area contributed by atoms with Crippen LogP contribution < -0.4 is 25.2 Å². The van der Waals surface area contributed by atoms with Gasteiger partial charge in [-0.15, -0.1) is 0 Å². The molecule has 10 nitrogen and oxygen atoms in total. The smallest absolute Gasteiger partial charge is 0.333 e. The Morgan fingerprint density at radius 2 is 1.72 bits per heavy atom. The van der Waals surface area contributed by atoms with Crippen LogP contribution >= 0.6 is 0 Å². The summed E-state index contributed by atoms with van der Waals surface area (Å²) in [4.78, 5) is 27.8. The molecule has 4 rings (SSSR count). The van der Waals surface area contributed by atoms with Gasteiger partial charge in [0.05, 0.1) is 32.4 Å². The van der Waals surface area contributed by atoms with Crippen LogP contribution in [0.2, 0.25) is 0 Å². The second-order valence-electron chi connectivity index (χ2n) is 5.93. The fourth-order valence-corrected chi connectivity index (χ4v) is 2.99. The Morgan fingerprint density at radius 3 is 2.41 bits per heavy atom. The van der Waals surface area contributed by atoms with Crippen LogP contribution in [-0.2, 0) is 0 Å². The minimum atomic E-state index is -0.337. The lowest BCUT2D eigenvalue weighted by Crippen LogP contribution is -2.18. The predicted molar refractivity (Wildman–Crippen MR) is 107 cm³/mol. The molecule has 0 aliphatic rings. The standard InChI is InChI=1S/C19H18N6O4/c1-27-14-8-11(9-15(28-2)16(14)29-3)22-17-20-10-21-18(24-17)25-13-7-5-4-6-12(13)23-19(25)26/h4-10H,1-3H3,(H,23,26)(H,20,21,22,24). The fraction of sp³-hybridized carbons (Fsp3) is 0.158. The lowest BCUT2D eigenvalue weighted by molar-refractivity contribution is 0.324. The minimum Gasteiger partial charge on any atom is -0.493 e. The number of nitrogens with one attached hydrogen (secondary N) is 2. The van der Waals surface area contributed by atoms with Gasteiger partial charge in [-0.3, -0.25) is 0 Å². The van der Waals surface area contributed by atoms with Gasteiger partial charge < -0.3 is 24.5 Å². The van der Waals surface area contributed by atoms with Crippen LogP contribution in [0.15, 0.2) is 47.5 Å². The topological polar surface area (TPSA) is 116 Å². The average Bonchev–Trinajstić information content (AvgIpc) is 3.08. The van der Waals surface area contributed by atoms with Crippen molar-refractivity contribution in [2.24, 2.45) is 0 Å². The summed E-state index contributed by atoms with van der Waals surface area (Å²) in [7, 11) is 4.60. The summed E-state index contributed by atoms with van der Waals surface area (Å²) >= 11 is 0. The highest BCUT2D eigenvalue weighted by Gasteiger charge is 2.15. The first-order chi connectivity index (χ1) is 14.1. The molecule has 148 valence electrons. The molecule has 2 heterocycles. The number of hydrogen-bond donors (Lipinski definition) is 2. The van der Waals surface area contributed by atoms with E-state index in [2.05, 4.69) is 25.3 Å². The van der Waals surface area contributed by atoms with E-state index in [1.807, 2.05) is 24.3 Å². The highest BCUT2D eigenvalue weighted by molar-refractivity contribution is 5.76. The van der Waals surface area contributed by atoms with Crippen LogP contribution in [0.25, 0.3) is 17.0 Å². The molecule has 0 aliphatic carbocycles. The Labute approximate surface area is 165 Å². The number of para-hydroxylation sites is 2. The van der Waals surface area contributed by atoms with Crippen LogP contribution in [0.3, 0.4) is 0 Å². The van der Waals surface area contributed by atoms with Crippen LogP contribution in [0.5, 0.6) is 17.2 Å². The molecule has 0 saturated carbocycles. The van der Waals surface area contributed by atoms with Crippen molar-refractivity contribution >= 4 is 22.7 Å². The SMILES string of the molecule is COc1cc(Nc2ncnc(-n3c(=O)[nH]c4ccccc43)n2)cc(OC)c1OC. The number of methoxy groups -OCH3 is 3. The van der Waals surface area contributed by atoms with Crippen molar-refractivity contribution in [2.45, 2.75) is 0 Å². The molecule has 2 N–H and O–H groups in total. The second kappa shape index (κ2) is 7.50. The van der Waals surface area contributed by atoms with Gasteiger partial charge in [0.25, 0.3) is 0 Å². The first kappa shape index (κ1) is 18.3. The number of imidazole rings is 1. The van der Waals surface area contributed by atoms with E-state index < -0.39 is 0 Å². The van der Waals surface area contributed by atoms with E-state index in [-0.39, 0.29) is 17.6 Å². The number of fused-ring (bicyclic) bond motifs is 1. The molecule has 2 aromatic heterocycles. The number of hydrogen-bond acceptors (Lipinski definition) is 8. The molecule has 29 heavy (non-hydrogen) atoms. The average molecular weight is 394 g/mol. The molecule has 10 heteroatoms. The lowest BCUT2D eigenvalue weighted by atomic mass is 10.2. The summed E-state index contributed by atoms with van der Waals surface area (Å²) in [5.41, 5.74) is 1.64. The quantitative estimate of drug-likeness (QED) is 0.512. The van der Waals surface area contributed by atoms with Crippen molar-refractivity contribution in [1.29, 1.82) is 0 Å². The van der Waals surface area contributed by atoms with Crippen LogP contribution in [0, 0.1) is 0 Å². The minimum absolute atomic E-state index is 0.192. The molecule has 0 unspecified atom stereocenters. The van der Waals surface area contributed by atoms with Crippen molar-refractivity contribution in [2.75, 3.05) is 26.6 Å². The van der Waals surface area contributed by atoms with Crippen molar-refractivity contribution in [3.8, 4) is 23.2 Å². The van der Waals surface area contributed by atoms with Crippen molar-refractivity contribution < 1.29 is 14.2 Å². The Kier molecular flexibility index (Phi) is 4.73. The Balaban J connectivity index is 1.74. The predicted octanol–water partition coefficient (Wildman–Crippen LogP) is 2.27. The summed E-state index contributed by atoms with van der Waals surface area (Å²) in [5.74, 6) is 1.88. The van der Waals surface area contributed by atoms with Gasteiger partial charge in [0.1, 0.15) is 6.33 Å². The zero-order valence-corrected chi connectivity index (χ0v) is 16.0. The van der Waals surface area contributed by atoms with E-state index in [9.17, 15) is 4.79 Å². The Hall–Kier alpha value is -4.08. The maximum atomic E-state index is 12.4. The maximum absolute atomic E-state index is 12.4. The van der Waals surface area contributed by atoms with Crippen molar-refractivity contribution in [1.82, 2.24) is 24.5 Å². The van der Waals surface area contributed by atoms with Gasteiger partial charge in [-0.25, -0.2) is 19.3 Å². The maximum Gasteiger partial charge on any atom is 0.333 e. The summed E-state index contributed by atoms with van der Waals surface area (Å²) in [5, 5.41) is 3.07. The van der Waals surface area contributed by atoms with E-state index in [0.29, 0.717) is 34.0 Å². The molecular formula is C19H18N6O4. The van der Waals surface area contributed by atoms with E-state index in [1.54, 1.807) is 12.1 Å². The van der Waals surface area contributed by atoms with Gasteiger partial charge in [-0.05, 0) is 12.1 Å². The molecule has 4 aromatic rings. The van der Waals surface area contributed by atoms with Crippen molar-refractivity contribution in [3.63, 3.8) is 0 Å². The normalized spacial score (nSPS) is 10.7. The monoisotopic (exact) mass is 394 g/mol. The van der Waals surface area contributed by atoms with Crippen LogP contribution in [-0.4, -0.2) is 45.8 Å². The zero-order valence-electron chi connectivity index (χ0n) is 16.0. The first-order valence-electron chi connectivity index (χ1n) is 8.60. The number of nitrogens with zero attached hydrogens (tertiary/aromatic N) is 4. The number of benzene rings is 2. The molecule has 2 aromatic carbocycles. The molecular weight excluding hydrogens is 376 g/mol. The summed E-state index contributed by atoms with van der Waals surface area (Å²) in [6, 6.07) is 10.7. The molecule has 0 fully saturated rings. The number of ether oxygens (including phenoxy) is 3. The molecule has 0 saturated heterocycles. The summed E-state index contributed by atoms with van der Waals surface area (Å²) in [6.45, 7) is 0. The van der Waals surface area contributed by atoms with Crippen LogP contribution in [0.1, 0.15) is 0 Å². The van der Waals surface area contributed by atoms with Gasteiger partial charge in [0, 0.05) is 17.8 Å². The summed E-state index contributed by atoms with van der Waals surface area (Å²) in [6.07, 6.45) is 1.33. The highest BCUT2D eigenvalue weighted by Crippen LogP contribution is 2.40. The fourth-order valence-electron chi connectivity index (χ4n) is 2.99. The van der Waals surface area contributed by atoms with E-state index >= 15 is 0 Å². The third-order valence-electron chi connectivity index (χ3n) is 4.27. The van der Waals surface area contributed by atoms with E-state index in [4.69, 9.17) is 14.2 Å². The Morgan fingerprint density at radius 1 is 1.00 bits per heavy atom. The van der Waals surface area contributed by atoms with Gasteiger partial charge in [0.2, 0.25) is 17.6 Å². The second-order valence-corrected chi connectivity index (χ2v) is 5.93. The molecule has 0 amide bonds. The number of rotatable bonds is 6. The number of aromatic amines is 1.